The van der Waals surface area contributed by atoms with Gasteiger partial charge < -0.3 is 14.6 Å². The number of nitriles is 1. The number of allylic oxidation sites excluding steroid dienone is 1. The molecule has 0 spiro atoms. The average molecular weight is 496 g/mol. The lowest BCUT2D eigenvalue weighted by atomic mass is 10.0. The molecule has 3 rings (SSSR count). The lowest BCUT2D eigenvalue weighted by Crippen LogP contribution is -2.02. The average Bonchev–Trinajstić information content (AvgIpc) is 2.78. The number of rotatable bonds is 8. The van der Waals surface area contributed by atoms with Crippen LogP contribution in [0.15, 0.2) is 65.1 Å². The van der Waals surface area contributed by atoms with Crippen LogP contribution >= 0.6 is 15.9 Å². The number of carboxylic acids is 1. The Labute approximate surface area is 193 Å². The van der Waals surface area contributed by atoms with E-state index in [2.05, 4.69) is 15.9 Å². The monoisotopic (exact) mass is 495 g/mol. The Morgan fingerprint density at radius 2 is 1.88 bits per heavy atom. The van der Waals surface area contributed by atoms with Crippen molar-refractivity contribution in [3.05, 3.63) is 93.2 Å². The largest absolute Gasteiger partial charge is 0.490 e. The molecule has 0 saturated heterocycles. The molecule has 3 aromatic rings. The zero-order valence-electron chi connectivity index (χ0n) is 17.1. The van der Waals surface area contributed by atoms with Crippen LogP contribution in [0.4, 0.5) is 4.39 Å². The number of benzene rings is 3. The van der Waals surface area contributed by atoms with Gasteiger partial charge in [-0.15, -0.1) is 0 Å². The Morgan fingerprint density at radius 3 is 2.50 bits per heavy atom. The van der Waals surface area contributed by atoms with E-state index in [-0.39, 0.29) is 23.3 Å². The second-order valence-corrected chi connectivity index (χ2v) is 7.56. The first kappa shape index (κ1) is 23.0. The van der Waals surface area contributed by atoms with Crippen molar-refractivity contribution in [2.24, 2.45) is 0 Å². The highest BCUT2D eigenvalue weighted by molar-refractivity contribution is 9.10. The van der Waals surface area contributed by atoms with Crippen molar-refractivity contribution in [2.75, 3.05) is 6.61 Å². The Hall–Kier alpha value is -3.63. The minimum atomic E-state index is -0.991. The standard InChI is InChI=1S/C25H19BrFNO4/c1-2-31-23-13-17(11-19(14-28)20-5-3-4-6-22(20)27)12-21(26)24(23)32-15-16-7-9-18(10-8-16)25(29)30/h3-13H,2,15H2,1H3,(H,29,30)/b19-11-. The molecule has 3 aromatic carbocycles. The third-order valence-electron chi connectivity index (χ3n) is 4.51. The zero-order chi connectivity index (χ0) is 23.1. The number of hydrogen-bond acceptors (Lipinski definition) is 4. The quantitative estimate of drug-likeness (QED) is 0.291. The van der Waals surface area contributed by atoms with E-state index >= 15 is 0 Å². The van der Waals surface area contributed by atoms with E-state index in [1.54, 1.807) is 48.5 Å². The highest BCUT2D eigenvalue weighted by Crippen LogP contribution is 2.38. The van der Waals surface area contributed by atoms with E-state index in [1.807, 2.05) is 13.0 Å². The predicted molar refractivity (Wildman–Crippen MR) is 123 cm³/mol. The normalized spacial score (nSPS) is 11.0. The third kappa shape index (κ3) is 5.54. The van der Waals surface area contributed by atoms with Crippen LogP contribution in [0.25, 0.3) is 11.6 Å². The van der Waals surface area contributed by atoms with E-state index in [1.165, 1.54) is 18.2 Å². The summed E-state index contributed by atoms with van der Waals surface area (Å²) in [6.45, 7) is 2.43. The van der Waals surface area contributed by atoms with Gasteiger partial charge in [0.25, 0.3) is 0 Å². The van der Waals surface area contributed by atoms with Gasteiger partial charge in [-0.2, -0.15) is 5.26 Å². The van der Waals surface area contributed by atoms with Crippen LogP contribution in [0.3, 0.4) is 0 Å². The number of halogens is 2. The number of carbonyl (C=O) groups is 1. The molecule has 0 bridgehead atoms. The lowest BCUT2D eigenvalue weighted by Gasteiger charge is -2.15. The molecule has 0 aliphatic rings. The van der Waals surface area contributed by atoms with Crippen LogP contribution in [0, 0.1) is 17.1 Å². The summed E-state index contributed by atoms with van der Waals surface area (Å²) in [6.07, 6.45) is 1.58. The molecule has 32 heavy (non-hydrogen) atoms. The van der Waals surface area contributed by atoms with Crippen molar-refractivity contribution in [3.8, 4) is 17.6 Å². The number of nitrogens with zero attached hydrogens (tertiary/aromatic N) is 1. The summed E-state index contributed by atoms with van der Waals surface area (Å²) in [6, 6.07) is 18.0. The number of aromatic carboxylic acids is 1. The fourth-order valence-electron chi connectivity index (χ4n) is 2.99. The van der Waals surface area contributed by atoms with Crippen LogP contribution in [-0.4, -0.2) is 17.7 Å². The molecule has 5 nitrogen and oxygen atoms in total. The van der Waals surface area contributed by atoms with Crippen LogP contribution in [-0.2, 0) is 6.61 Å². The van der Waals surface area contributed by atoms with Crippen LogP contribution in [0.2, 0.25) is 0 Å². The van der Waals surface area contributed by atoms with E-state index in [0.29, 0.717) is 28.1 Å². The van der Waals surface area contributed by atoms with Gasteiger partial charge in [-0.25, -0.2) is 9.18 Å². The van der Waals surface area contributed by atoms with Gasteiger partial charge >= 0.3 is 5.97 Å². The molecule has 162 valence electrons. The van der Waals surface area contributed by atoms with Gasteiger partial charge in [0.1, 0.15) is 12.4 Å². The SMILES string of the molecule is CCOc1cc(/C=C(/C#N)c2ccccc2F)cc(Br)c1OCc1ccc(C(=O)O)cc1. The molecule has 7 heteroatoms. The van der Waals surface area contributed by atoms with Crippen molar-refractivity contribution in [2.45, 2.75) is 13.5 Å². The number of hydrogen-bond donors (Lipinski definition) is 1. The van der Waals surface area contributed by atoms with Gasteiger partial charge in [0.2, 0.25) is 0 Å². The number of carboxylic acid groups (broad SMARTS) is 1. The van der Waals surface area contributed by atoms with Crippen molar-refractivity contribution < 1.29 is 23.8 Å². The van der Waals surface area contributed by atoms with Gasteiger partial charge in [-0.3, -0.25) is 0 Å². The van der Waals surface area contributed by atoms with E-state index in [4.69, 9.17) is 14.6 Å². The predicted octanol–water partition coefficient (Wildman–Crippen LogP) is 6.33. The number of ether oxygens (including phenoxy) is 2. The summed E-state index contributed by atoms with van der Waals surface area (Å²) in [5, 5.41) is 18.5. The molecular formula is C25H19BrFNO4. The molecule has 0 unspecified atom stereocenters. The summed E-state index contributed by atoms with van der Waals surface area (Å²) < 4.78 is 26.4. The maximum atomic E-state index is 14.1. The van der Waals surface area contributed by atoms with Gasteiger partial charge in [0, 0.05) is 5.56 Å². The van der Waals surface area contributed by atoms with Crippen LogP contribution in [0.1, 0.15) is 34.0 Å². The zero-order valence-corrected chi connectivity index (χ0v) is 18.7. The Bertz CT molecular complexity index is 1200. The summed E-state index contributed by atoms with van der Waals surface area (Å²) in [5.74, 6) is -0.537. The molecule has 1 N–H and O–H groups in total. The van der Waals surface area contributed by atoms with Crippen molar-refractivity contribution in [1.29, 1.82) is 5.26 Å². The third-order valence-corrected chi connectivity index (χ3v) is 5.10. The first-order valence-corrected chi connectivity index (χ1v) is 10.5. The van der Waals surface area contributed by atoms with E-state index in [9.17, 15) is 14.4 Å². The second-order valence-electron chi connectivity index (χ2n) is 6.70. The lowest BCUT2D eigenvalue weighted by molar-refractivity contribution is 0.0697. The van der Waals surface area contributed by atoms with Crippen LogP contribution in [0.5, 0.6) is 11.5 Å². The van der Waals surface area contributed by atoms with Crippen molar-refractivity contribution in [1.82, 2.24) is 0 Å². The molecule has 0 saturated carbocycles. The summed E-state index contributed by atoms with van der Waals surface area (Å²) in [7, 11) is 0. The summed E-state index contributed by atoms with van der Waals surface area (Å²) in [5.41, 5.74) is 2.03. The minimum absolute atomic E-state index is 0.185. The molecule has 0 radical (unpaired) electrons. The smallest absolute Gasteiger partial charge is 0.335 e. The Balaban J connectivity index is 1.90. The van der Waals surface area contributed by atoms with Gasteiger partial charge in [0.05, 0.1) is 28.3 Å². The van der Waals surface area contributed by atoms with Gasteiger partial charge in [-0.05, 0) is 70.4 Å². The first-order valence-electron chi connectivity index (χ1n) is 9.71. The Kier molecular flexibility index (Phi) is 7.63. The highest BCUT2D eigenvalue weighted by atomic mass is 79.9. The van der Waals surface area contributed by atoms with E-state index < -0.39 is 11.8 Å². The maximum absolute atomic E-state index is 14.1. The molecule has 0 heterocycles. The van der Waals surface area contributed by atoms with Crippen molar-refractivity contribution in [3.63, 3.8) is 0 Å². The molecular weight excluding hydrogens is 477 g/mol. The fourth-order valence-corrected chi connectivity index (χ4v) is 3.56. The molecule has 0 aliphatic carbocycles. The Morgan fingerprint density at radius 1 is 1.16 bits per heavy atom. The maximum Gasteiger partial charge on any atom is 0.335 e. The molecule has 0 amide bonds. The minimum Gasteiger partial charge on any atom is -0.490 e. The van der Waals surface area contributed by atoms with Crippen LogP contribution < -0.4 is 9.47 Å². The van der Waals surface area contributed by atoms with Gasteiger partial charge in [0.15, 0.2) is 11.5 Å². The molecule has 0 aliphatic heterocycles. The molecule has 0 aromatic heterocycles. The first-order chi connectivity index (χ1) is 15.4. The fraction of sp³-hybridized carbons (Fsp3) is 0.120. The molecule has 0 atom stereocenters. The van der Waals surface area contributed by atoms with Gasteiger partial charge in [-0.1, -0.05) is 30.3 Å². The second kappa shape index (κ2) is 10.6. The summed E-state index contributed by atoms with van der Waals surface area (Å²) in [4.78, 5) is 11.0. The van der Waals surface area contributed by atoms with Crippen molar-refractivity contribution >= 4 is 33.5 Å². The van der Waals surface area contributed by atoms with E-state index in [0.717, 1.165) is 5.56 Å². The highest BCUT2D eigenvalue weighted by Gasteiger charge is 2.14. The topological polar surface area (TPSA) is 79.5 Å². The molecule has 0 fully saturated rings. The summed E-state index contributed by atoms with van der Waals surface area (Å²) >= 11 is 3.49.